The molecule has 0 N–H and O–H groups in total. The van der Waals surface area contributed by atoms with Gasteiger partial charge in [0.25, 0.3) is 0 Å². The Morgan fingerprint density at radius 1 is 1.26 bits per heavy atom. The molecule has 0 aromatic heterocycles. The molecule has 1 fully saturated rings. The van der Waals surface area contributed by atoms with Crippen LogP contribution in [0.15, 0.2) is 0 Å². The summed E-state index contributed by atoms with van der Waals surface area (Å²) in [7, 11) is -0.271. The van der Waals surface area contributed by atoms with Gasteiger partial charge in [0.15, 0.2) is 0 Å². The lowest BCUT2D eigenvalue weighted by atomic mass is 9.82. The molecule has 0 aromatic carbocycles. The van der Waals surface area contributed by atoms with Gasteiger partial charge >= 0.3 is 13.1 Å². The summed E-state index contributed by atoms with van der Waals surface area (Å²) in [6, 6.07) is 0. The summed E-state index contributed by atoms with van der Waals surface area (Å²) in [6.45, 7) is 10.4. The van der Waals surface area contributed by atoms with Crippen LogP contribution in [-0.2, 0) is 18.8 Å². The standard InChI is InChI=1S/C13H24BBrO4/c1-6-17-11(16)9-7-8-10(15)14-18-12(2,3)13(4,5)19-14/h10H,6-9H2,1-5H3. The first-order valence-electron chi connectivity index (χ1n) is 6.85. The first-order valence-corrected chi connectivity index (χ1v) is 7.76. The molecule has 0 bridgehead atoms. The van der Waals surface area contributed by atoms with Gasteiger partial charge in [0.05, 0.1) is 17.8 Å². The predicted octanol–water partition coefficient (Wildman–Crippen LogP) is 3.11. The van der Waals surface area contributed by atoms with Crippen LogP contribution in [0.5, 0.6) is 0 Å². The van der Waals surface area contributed by atoms with Crippen molar-refractivity contribution in [3.8, 4) is 0 Å². The fourth-order valence-electron chi connectivity index (χ4n) is 1.85. The number of carbonyl (C=O) groups excluding carboxylic acids is 1. The monoisotopic (exact) mass is 334 g/mol. The van der Waals surface area contributed by atoms with Crippen LogP contribution in [0.2, 0.25) is 0 Å². The van der Waals surface area contributed by atoms with E-state index in [1.165, 1.54) is 0 Å². The number of hydrogen-bond acceptors (Lipinski definition) is 4. The summed E-state index contributed by atoms with van der Waals surface area (Å²) in [5.74, 6) is -0.142. The summed E-state index contributed by atoms with van der Waals surface area (Å²) >= 11 is 3.60. The Labute approximate surface area is 124 Å². The molecular formula is C13H24BBrO4. The van der Waals surface area contributed by atoms with Gasteiger partial charge in [0.1, 0.15) is 0 Å². The molecule has 1 atom stereocenters. The third-order valence-corrected chi connectivity index (χ3v) is 4.62. The minimum atomic E-state index is -0.315. The molecule has 6 heteroatoms. The van der Waals surface area contributed by atoms with Crippen molar-refractivity contribution in [2.24, 2.45) is 0 Å². The molecule has 0 spiro atoms. The number of ether oxygens (including phenoxy) is 1. The molecule has 0 aromatic rings. The van der Waals surface area contributed by atoms with Crippen molar-refractivity contribution in [2.75, 3.05) is 6.61 Å². The lowest BCUT2D eigenvalue weighted by molar-refractivity contribution is -0.143. The van der Waals surface area contributed by atoms with Gasteiger partial charge < -0.3 is 14.0 Å². The third-order valence-electron chi connectivity index (χ3n) is 3.73. The highest BCUT2D eigenvalue weighted by Crippen LogP contribution is 2.39. The summed E-state index contributed by atoms with van der Waals surface area (Å²) < 4.78 is 16.9. The topological polar surface area (TPSA) is 44.8 Å². The summed E-state index contributed by atoms with van der Waals surface area (Å²) in [6.07, 6.45) is 2.02. The van der Waals surface area contributed by atoms with Gasteiger partial charge in [-0.1, -0.05) is 15.9 Å². The molecule has 0 radical (unpaired) electrons. The maximum atomic E-state index is 11.3. The van der Waals surface area contributed by atoms with Crippen LogP contribution in [0, 0.1) is 0 Å². The Balaban J connectivity index is 2.36. The molecule has 4 nitrogen and oxygen atoms in total. The van der Waals surface area contributed by atoms with Crippen molar-refractivity contribution in [3.63, 3.8) is 0 Å². The van der Waals surface area contributed by atoms with Gasteiger partial charge in [-0.25, -0.2) is 0 Å². The Kier molecular flexibility index (Phi) is 5.89. The van der Waals surface area contributed by atoms with Crippen molar-refractivity contribution < 1.29 is 18.8 Å². The summed E-state index contributed by atoms with van der Waals surface area (Å²) in [4.78, 5) is 11.3. The molecule has 0 saturated carbocycles. The SMILES string of the molecule is CCOC(=O)CCCC(Br)B1OC(C)(C)C(C)(C)O1. The van der Waals surface area contributed by atoms with Crippen molar-refractivity contribution >= 4 is 29.0 Å². The van der Waals surface area contributed by atoms with Gasteiger partial charge in [0, 0.05) is 11.1 Å². The van der Waals surface area contributed by atoms with Gasteiger partial charge in [-0.05, 0) is 47.5 Å². The first-order chi connectivity index (χ1) is 8.69. The number of carbonyl (C=O) groups is 1. The molecule has 1 heterocycles. The largest absolute Gasteiger partial charge is 0.472 e. The van der Waals surface area contributed by atoms with Gasteiger partial charge in [0.2, 0.25) is 0 Å². The van der Waals surface area contributed by atoms with Crippen molar-refractivity contribution in [2.45, 2.75) is 69.8 Å². The second-order valence-corrected chi connectivity index (χ2v) is 7.01. The van der Waals surface area contributed by atoms with Crippen LogP contribution in [0.1, 0.15) is 53.9 Å². The Hall–Kier alpha value is -0.0651. The second kappa shape index (κ2) is 6.59. The molecule has 1 aliphatic rings. The highest BCUT2D eigenvalue weighted by atomic mass is 79.9. The minimum absolute atomic E-state index is 0.0861. The zero-order valence-electron chi connectivity index (χ0n) is 12.5. The maximum absolute atomic E-state index is 11.3. The fraction of sp³-hybridized carbons (Fsp3) is 0.923. The van der Waals surface area contributed by atoms with E-state index in [0.717, 1.165) is 12.8 Å². The van der Waals surface area contributed by atoms with E-state index in [9.17, 15) is 4.79 Å². The number of alkyl halides is 1. The maximum Gasteiger partial charge on any atom is 0.472 e. The Bertz CT molecular complexity index is 304. The zero-order valence-corrected chi connectivity index (χ0v) is 14.1. The average Bonchev–Trinajstić information content (AvgIpc) is 2.48. The van der Waals surface area contributed by atoms with Crippen molar-refractivity contribution in [3.05, 3.63) is 0 Å². The van der Waals surface area contributed by atoms with Gasteiger partial charge in [-0.3, -0.25) is 4.79 Å². The van der Waals surface area contributed by atoms with E-state index in [4.69, 9.17) is 14.0 Å². The van der Waals surface area contributed by atoms with Crippen LogP contribution in [-0.4, -0.2) is 35.6 Å². The van der Waals surface area contributed by atoms with Gasteiger partial charge in [-0.2, -0.15) is 0 Å². The van der Waals surface area contributed by atoms with E-state index < -0.39 is 0 Å². The van der Waals surface area contributed by atoms with Crippen molar-refractivity contribution in [1.29, 1.82) is 0 Å². The normalized spacial score (nSPS) is 22.3. The first kappa shape index (κ1) is 17.0. The molecule has 0 amide bonds. The fourth-order valence-corrected chi connectivity index (χ4v) is 2.39. The lowest BCUT2D eigenvalue weighted by Gasteiger charge is -2.32. The van der Waals surface area contributed by atoms with Crippen LogP contribution in [0.25, 0.3) is 0 Å². The van der Waals surface area contributed by atoms with Gasteiger partial charge in [-0.15, -0.1) is 0 Å². The highest BCUT2D eigenvalue weighted by molar-refractivity contribution is 9.10. The highest BCUT2D eigenvalue weighted by Gasteiger charge is 2.53. The van der Waals surface area contributed by atoms with E-state index in [2.05, 4.69) is 15.9 Å². The number of halogens is 1. The quantitative estimate of drug-likeness (QED) is 0.425. The van der Waals surface area contributed by atoms with Crippen LogP contribution in [0.3, 0.4) is 0 Å². The van der Waals surface area contributed by atoms with Crippen molar-refractivity contribution in [1.82, 2.24) is 0 Å². The minimum Gasteiger partial charge on any atom is -0.466 e. The lowest BCUT2D eigenvalue weighted by Crippen LogP contribution is -2.41. The van der Waals surface area contributed by atoms with E-state index in [1.807, 2.05) is 34.6 Å². The number of rotatable bonds is 6. The summed E-state index contributed by atoms with van der Waals surface area (Å²) in [5.41, 5.74) is -0.629. The molecule has 1 rings (SSSR count). The predicted molar refractivity (Wildman–Crippen MR) is 79.3 cm³/mol. The average molecular weight is 335 g/mol. The Morgan fingerprint density at radius 2 is 1.79 bits per heavy atom. The Morgan fingerprint density at radius 3 is 2.26 bits per heavy atom. The molecule has 1 unspecified atom stereocenters. The van der Waals surface area contributed by atoms with E-state index in [1.54, 1.807) is 0 Å². The molecule has 1 saturated heterocycles. The van der Waals surface area contributed by atoms with E-state index in [0.29, 0.717) is 13.0 Å². The molecule has 1 aliphatic heterocycles. The van der Waals surface area contributed by atoms with E-state index in [-0.39, 0.29) is 29.0 Å². The molecule has 0 aliphatic carbocycles. The number of hydrogen-bond donors (Lipinski definition) is 0. The van der Waals surface area contributed by atoms with Crippen LogP contribution < -0.4 is 0 Å². The zero-order chi connectivity index (χ0) is 14.7. The third kappa shape index (κ3) is 4.47. The molecule has 19 heavy (non-hydrogen) atoms. The van der Waals surface area contributed by atoms with E-state index >= 15 is 0 Å². The molecular weight excluding hydrogens is 311 g/mol. The second-order valence-electron chi connectivity index (χ2n) is 5.84. The van der Waals surface area contributed by atoms with Crippen LogP contribution in [0.4, 0.5) is 0 Å². The smallest absolute Gasteiger partial charge is 0.466 e. The molecule has 110 valence electrons. The number of esters is 1. The summed E-state index contributed by atoms with van der Waals surface area (Å²) in [5, 5.41) is 0. The van der Waals surface area contributed by atoms with Crippen LogP contribution >= 0.6 is 15.9 Å².